The lowest BCUT2D eigenvalue weighted by atomic mass is 10.0. The van der Waals surface area contributed by atoms with Crippen molar-refractivity contribution in [2.24, 2.45) is 0 Å². The van der Waals surface area contributed by atoms with E-state index < -0.39 is 0 Å². The van der Waals surface area contributed by atoms with Gasteiger partial charge in [0.1, 0.15) is 11.2 Å². The van der Waals surface area contributed by atoms with Gasteiger partial charge in [0.15, 0.2) is 17.2 Å². The fraction of sp³-hybridized carbons (Fsp3) is 0.211. The van der Waals surface area contributed by atoms with E-state index in [0.717, 1.165) is 0 Å². The summed E-state index contributed by atoms with van der Waals surface area (Å²) in [5.41, 5.74) is 0.813. The molecule has 1 N–H and O–H groups in total. The highest BCUT2D eigenvalue weighted by Gasteiger charge is 2.23. The highest BCUT2D eigenvalue weighted by molar-refractivity contribution is 6.16. The predicted molar refractivity (Wildman–Crippen MR) is 98.4 cm³/mol. The van der Waals surface area contributed by atoms with Crippen LogP contribution in [0.15, 0.2) is 24.3 Å². The summed E-state index contributed by atoms with van der Waals surface area (Å²) in [5.74, 6) is 1.19. The van der Waals surface area contributed by atoms with Gasteiger partial charge in [-0.05, 0) is 24.3 Å². The maximum absolute atomic E-state index is 13.1. The zero-order valence-electron chi connectivity index (χ0n) is 15.7. The molecule has 1 aromatic heterocycles. The molecule has 144 valence electrons. The maximum atomic E-state index is 13.1. The molecule has 0 atom stereocenters. The van der Waals surface area contributed by atoms with Crippen molar-refractivity contribution in [3.8, 4) is 35.0 Å². The topological polar surface area (TPSA) is 116 Å². The van der Waals surface area contributed by atoms with Gasteiger partial charge in [-0.15, -0.1) is 5.26 Å². The summed E-state index contributed by atoms with van der Waals surface area (Å²) < 4.78 is 26.0. The Morgan fingerprint density at radius 1 is 0.964 bits per heavy atom. The third-order valence-electron chi connectivity index (χ3n) is 4.17. The predicted octanol–water partition coefficient (Wildman–Crippen LogP) is 2.69. The number of methoxy groups -OCH3 is 4. The van der Waals surface area contributed by atoms with E-state index in [1.807, 2.05) is 0 Å². The van der Waals surface area contributed by atoms with Crippen LogP contribution in [0.5, 0.6) is 28.7 Å². The van der Waals surface area contributed by atoms with Crippen LogP contribution >= 0.6 is 0 Å². The van der Waals surface area contributed by atoms with E-state index in [1.165, 1.54) is 28.4 Å². The second-order valence-electron chi connectivity index (χ2n) is 5.53. The largest absolute Gasteiger partial charge is 0.493 e. The van der Waals surface area contributed by atoms with Crippen molar-refractivity contribution >= 4 is 16.7 Å². The molecule has 2 aromatic carbocycles. The van der Waals surface area contributed by atoms with E-state index in [-0.39, 0.29) is 17.2 Å². The minimum Gasteiger partial charge on any atom is -0.493 e. The van der Waals surface area contributed by atoms with Gasteiger partial charge in [-0.3, -0.25) is 9.89 Å². The molecule has 28 heavy (non-hydrogen) atoms. The molecule has 0 aliphatic rings. The number of rotatable bonds is 7. The van der Waals surface area contributed by atoms with Gasteiger partial charge in [0.25, 0.3) is 6.26 Å². The molecule has 0 spiro atoms. The number of nitriles is 1. The first-order valence-corrected chi connectivity index (χ1v) is 8.05. The maximum Gasteiger partial charge on any atom is 0.292 e. The smallest absolute Gasteiger partial charge is 0.292 e. The minimum atomic E-state index is -0.376. The van der Waals surface area contributed by atoms with Gasteiger partial charge in [0, 0.05) is 10.9 Å². The van der Waals surface area contributed by atoms with E-state index >= 15 is 0 Å². The van der Waals surface area contributed by atoms with E-state index in [4.69, 9.17) is 28.9 Å². The molecule has 0 fully saturated rings. The first-order chi connectivity index (χ1) is 13.6. The number of carbonyl (C=O) groups excluding carboxylic acids is 1. The number of carbonyl (C=O) groups is 1. The van der Waals surface area contributed by atoms with E-state index in [9.17, 15) is 4.79 Å². The van der Waals surface area contributed by atoms with E-state index in [1.54, 1.807) is 30.5 Å². The number of ketones is 1. The van der Waals surface area contributed by atoms with Crippen molar-refractivity contribution < 1.29 is 28.5 Å². The Morgan fingerprint density at radius 3 is 2.14 bits per heavy atom. The quantitative estimate of drug-likeness (QED) is 0.489. The van der Waals surface area contributed by atoms with Crippen molar-refractivity contribution in [1.29, 1.82) is 5.26 Å². The first-order valence-electron chi connectivity index (χ1n) is 8.05. The van der Waals surface area contributed by atoms with Crippen molar-refractivity contribution in [3.63, 3.8) is 0 Å². The minimum absolute atomic E-state index is 0.148. The monoisotopic (exact) mass is 383 g/mol. The van der Waals surface area contributed by atoms with Crippen molar-refractivity contribution in [2.45, 2.75) is 0 Å². The molecule has 0 aliphatic carbocycles. The summed E-state index contributed by atoms with van der Waals surface area (Å²) in [6.45, 7) is 0. The molecule has 0 saturated carbocycles. The molecule has 0 radical (unpaired) electrons. The average molecular weight is 383 g/mol. The number of hydrogen-bond acceptors (Lipinski definition) is 8. The van der Waals surface area contributed by atoms with Gasteiger partial charge in [-0.1, -0.05) is 0 Å². The average Bonchev–Trinajstić information content (AvgIpc) is 3.16. The summed E-state index contributed by atoms with van der Waals surface area (Å²) in [4.78, 5) is 13.1. The molecule has 0 amide bonds. The number of fused-ring (bicyclic) bond motifs is 1. The van der Waals surface area contributed by atoms with Gasteiger partial charge in [-0.2, -0.15) is 5.10 Å². The van der Waals surface area contributed by atoms with E-state index in [0.29, 0.717) is 39.5 Å². The summed E-state index contributed by atoms with van der Waals surface area (Å²) in [6.07, 6.45) is 1.60. The fourth-order valence-electron chi connectivity index (χ4n) is 2.87. The zero-order valence-corrected chi connectivity index (χ0v) is 15.7. The molecule has 9 heteroatoms. The SMILES string of the molecule is COc1cc(C(=O)c2n[nH]c3c(OC#N)c(OC)ccc23)cc(OC)c1OC. The highest BCUT2D eigenvalue weighted by Crippen LogP contribution is 2.40. The summed E-state index contributed by atoms with van der Waals surface area (Å²) in [7, 11) is 5.86. The van der Waals surface area contributed by atoms with Crippen LogP contribution in [0.25, 0.3) is 10.9 Å². The molecule has 3 rings (SSSR count). The Balaban J connectivity index is 2.15. The van der Waals surface area contributed by atoms with Gasteiger partial charge >= 0.3 is 0 Å². The molecule has 3 aromatic rings. The fourth-order valence-corrected chi connectivity index (χ4v) is 2.87. The lowest BCUT2D eigenvalue weighted by molar-refractivity contribution is 0.103. The first kappa shape index (κ1) is 18.8. The van der Waals surface area contributed by atoms with Crippen LogP contribution in [0, 0.1) is 11.5 Å². The van der Waals surface area contributed by atoms with Crippen LogP contribution < -0.4 is 23.7 Å². The number of H-pyrrole nitrogens is 1. The van der Waals surface area contributed by atoms with Crippen LogP contribution in [-0.2, 0) is 0 Å². The van der Waals surface area contributed by atoms with Crippen LogP contribution in [0.2, 0.25) is 0 Å². The molecule has 0 saturated heterocycles. The highest BCUT2D eigenvalue weighted by atomic mass is 16.5. The number of benzene rings is 2. The van der Waals surface area contributed by atoms with Gasteiger partial charge in [0.2, 0.25) is 17.3 Å². The summed E-state index contributed by atoms with van der Waals surface area (Å²) in [6, 6.07) is 6.34. The second kappa shape index (κ2) is 7.75. The number of aromatic amines is 1. The van der Waals surface area contributed by atoms with Crippen LogP contribution in [0.4, 0.5) is 0 Å². The zero-order chi connectivity index (χ0) is 20.3. The van der Waals surface area contributed by atoms with E-state index in [2.05, 4.69) is 10.2 Å². The lowest BCUT2D eigenvalue weighted by Gasteiger charge is -2.13. The van der Waals surface area contributed by atoms with Gasteiger partial charge < -0.3 is 23.7 Å². The third kappa shape index (κ3) is 3.01. The Labute approximate surface area is 160 Å². The molecular weight excluding hydrogens is 366 g/mol. The summed E-state index contributed by atoms with van der Waals surface area (Å²) >= 11 is 0. The molecular formula is C19H17N3O6. The van der Waals surface area contributed by atoms with Gasteiger partial charge in [0.05, 0.1) is 28.4 Å². The Kier molecular flexibility index (Phi) is 5.22. The van der Waals surface area contributed by atoms with Crippen molar-refractivity contribution in [3.05, 3.63) is 35.5 Å². The van der Waals surface area contributed by atoms with Gasteiger partial charge in [-0.25, -0.2) is 0 Å². The number of nitrogens with one attached hydrogen (secondary N) is 1. The van der Waals surface area contributed by atoms with Crippen LogP contribution in [0.1, 0.15) is 16.1 Å². The second-order valence-corrected chi connectivity index (χ2v) is 5.53. The molecule has 0 unspecified atom stereocenters. The molecule has 0 bridgehead atoms. The lowest BCUT2D eigenvalue weighted by Crippen LogP contribution is -2.05. The number of ether oxygens (including phenoxy) is 5. The summed E-state index contributed by atoms with van der Waals surface area (Å²) in [5, 5.41) is 16.2. The van der Waals surface area contributed by atoms with Crippen LogP contribution in [0.3, 0.4) is 0 Å². The molecule has 0 aliphatic heterocycles. The molecule has 9 nitrogen and oxygen atoms in total. The Bertz CT molecular complexity index is 1060. The number of aromatic nitrogens is 2. The van der Waals surface area contributed by atoms with Crippen molar-refractivity contribution in [1.82, 2.24) is 10.2 Å². The number of nitrogens with zero attached hydrogens (tertiary/aromatic N) is 2. The third-order valence-corrected chi connectivity index (χ3v) is 4.17. The van der Waals surface area contributed by atoms with Crippen LogP contribution in [-0.4, -0.2) is 44.4 Å². The standard InChI is InChI=1S/C19H17N3O6/c1-24-12-6-5-11-15(21-22-16(11)19(12)28-9-20)17(23)10-7-13(25-2)18(27-4)14(8-10)26-3/h5-8H,1-4H3,(H,21,22). The molecule has 1 heterocycles. The van der Waals surface area contributed by atoms with Crippen molar-refractivity contribution in [2.75, 3.05) is 28.4 Å². The Morgan fingerprint density at radius 2 is 1.61 bits per heavy atom. The normalized spacial score (nSPS) is 10.2. The number of hydrogen-bond donors (Lipinski definition) is 1. The Hall–Kier alpha value is -3.93.